The molecule has 1 saturated heterocycles. The molecule has 1 aliphatic rings. The quantitative estimate of drug-likeness (QED) is 0.725. The fourth-order valence-corrected chi connectivity index (χ4v) is 1.62. The van der Waals surface area contributed by atoms with Gasteiger partial charge in [-0.05, 0) is 38.3 Å². The van der Waals surface area contributed by atoms with Crippen LogP contribution in [0.25, 0.3) is 0 Å². The largest absolute Gasteiger partial charge is 0.356 e. The van der Waals surface area contributed by atoms with E-state index >= 15 is 0 Å². The zero-order valence-electron chi connectivity index (χ0n) is 9.73. The van der Waals surface area contributed by atoms with Crippen molar-refractivity contribution in [3.8, 4) is 0 Å². The Labute approximate surface area is 87.6 Å². The third-order valence-electron chi connectivity index (χ3n) is 2.39. The van der Waals surface area contributed by atoms with E-state index in [4.69, 9.17) is 0 Å². The van der Waals surface area contributed by atoms with Gasteiger partial charge in [-0.2, -0.15) is 0 Å². The predicted molar refractivity (Wildman–Crippen MR) is 60.2 cm³/mol. The molecule has 0 aromatic carbocycles. The molecule has 0 spiro atoms. The van der Waals surface area contributed by atoms with Crippen molar-refractivity contribution in [1.29, 1.82) is 0 Å². The summed E-state index contributed by atoms with van der Waals surface area (Å²) < 4.78 is 0. The fraction of sp³-hybridized carbons (Fsp3) is 0.909. The summed E-state index contributed by atoms with van der Waals surface area (Å²) >= 11 is 0. The minimum absolute atomic E-state index is 0.0870. The first-order valence-electron chi connectivity index (χ1n) is 5.74. The molecule has 3 heteroatoms. The molecular formula is C11H24N2O. The Morgan fingerprint density at radius 1 is 1.36 bits per heavy atom. The van der Waals surface area contributed by atoms with Crippen molar-refractivity contribution in [3.63, 3.8) is 0 Å². The second kappa shape index (κ2) is 9.00. The molecule has 0 saturated carbocycles. The minimum atomic E-state index is 0.0870. The van der Waals surface area contributed by atoms with Crippen LogP contribution in [-0.2, 0) is 4.79 Å². The molecular weight excluding hydrogens is 176 g/mol. The van der Waals surface area contributed by atoms with Crippen LogP contribution in [0.1, 0.15) is 40.0 Å². The zero-order chi connectivity index (χ0) is 10.8. The van der Waals surface area contributed by atoms with Gasteiger partial charge in [-0.3, -0.25) is 4.79 Å². The van der Waals surface area contributed by atoms with Gasteiger partial charge in [0.1, 0.15) is 0 Å². The normalized spacial score (nSPS) is 16.8. The van der Waals surface area contributed by atoms with Gasteiger partial charge >= 0.3 is 0 Å². The molecule has 3 nitrogen and oxygen atoms in total. The van der Waals surface area contributed by atoms with Crippen molar-refractivity contribution in [2.24, 2.45) is 5.92 Å². The van der Waals surface area contributed by atoms with Crippen LogP contribution >= 0.6 is 0 Å². The van der Waals surface area contributed by atoms with Crippen molar-refractivity contribution in [1.82, 2.24) is 10.6 Å². The van der Waals surface area contributed by atoms with E-state index in [0.717, 1.165) is 32.0 Å². The van der Waals surface area contributed by atoms with E-state index in [1.54, 1.807) is 6.92 Å². The van der Waals surface area contributed by atoms with E-state index < -0.39 is 0 Å². The van der Waals surface area contributed by atoms with Gasteiger partial charge in [-0.25, -0.2) is 0 Å². The van der Waals surface area contributed by atoms with E-state index in [1.165, 1.54) is 12.8 Å². The second-order valence-corrected chi connectivity index (χ2v) is 3.47. The number of hydrogen-bond donors (Lipinski definition) is 2. The fourth-order valence-electron chi connectivity index (χ4n) is 1.62. The maximum Gasteiger partial charge on any atom is 0.216 e. The van der Waals surface area contributed by atoms with Crippen molar-refractivity contribution in [3.05, 3.63) is 0 Å². The van der Waals surface area contributed by atoms with E-state index in [0.29, 0.717) is 0 Å². The maximum absolute atomic E-state index is 10.6. The Balaban J connectivity index is 0.000000791. The van der Waals surface area contributed by atoms with Crippen molar-refractivity contribution in [2.75, 3.05) is 19.6 Å². The third-order valence-corrected chi connectivity index (χ3v) is 2.39. The average Bonchev–Trinajstić information content (AvgIpc) is 2.22. The number of piperidine rings is 1. The highest BCUT2D eigenvalue weighted by molar-refractivity contribution is 5.72. The van der Waals surface area contributed by atoms with E-state index in [2.05, 4.69) is 10.6 Å². The molecule has 1 rings (SSSR count). The number of hydrogen-bond acceptors (Lipinski definition) is 2. The van der Waals surface area contributed by atoms with Crippen molar-refractivity contribution in [2.45, 2.75) is 40.0 Å². The number of amides is 1. The molecule has 0 atom stereocenters. The number of carbonyl (C=O) groups excluding carboxylic acids is 1. The van der Waals surface area contributed by atoms with E-state index in [-0.39, 0.29) is 5.91 Å². The first-order chi connectivity index (χ1) is 6.79. The van der Waals surface area contributed by atoms with Crippen LogP contribution in [0.3, 0.4) is 0 Å². The Hall–Kier alpha value is -0.570. The molecule has 1 amide bonds. The van der Waals surface area contributed by atoms with Gasteiger partial charge in [0.25, 0.3) is 0 Å². The molecule has 1 heterocycles. The van der Waals surface area contributed by atoms with Crippen LogP contribution in [0.5, 0.6) is 0 Å². The first-order valence-corrected chi connectivity index (χ1v) is 5.74. The molecule has 0 bridgehead atoms. The van der Waals surface area contributed by atoms with Crippen LogP contribution in [0.4, 0.5) is 0 Å². The average molecular weight is 200 g/mol. The Morgan fingerprint density at radius 3 is 2.43 bits per heavy atom. The van der Waals surface area contributed by atoms with Gasteiger partial charge in [0, 0.05) is 13.5 Å². The zero-order valence-corrected chi connectivity index (χ0v) is 9.73. The minimum Gasteiger partial charge on any atom is -0.356 e. The molecule has 84 valence electrons. The third kappa shape index (κ3) is 6.89. The lowest BCUT2D eigenvalue weighted by atomic mass is 9.95. The Kier molecular flexibility index (Phi) is 8.64. The molecule has 2 N–H and O–H groups in total. The monoisotopic (exact) mass is 200 g/mol. The molecule has 0 aliphatic carbocycles. The van der Waals surface area contributed by atoms with Crippen molar-refractivity contribution >= 4 is 5.91 Å². The summed E-state index contributed by atoms with van der Waals surface area (Å²) in [5.41, 5.74) is 0. The van der Waals surface area contributed by atoms with Crippen molar-refractivity contribution < 1.29 is 4.79 Å². The Morgan fingerprint density at radius 2 is 1.93 bits per heavy atom. The van der Waals surface area contributed by atoms with Crippen LogP contribution in [-0.4, -0.2) is 25.5 Å². The molecule has 0 aromatic rings. The Bertz CT molecular complexity index is 142. The summed E-state index contributed by atoms with van der Waals surface area (Å²) in [6.07, 6.45) is 3.67. The molecule has 14 heavy (non-hydrogen) atoms. The molecule has 0 aromatic heterocycles. The van der Waals surface area contributed by atoms with Crippen LogP contribution in [0.2, 0.25) is 0 Å². The van der Waals surface area contributed by atoms with Crippen LogP contribution in [0, 0.1) is 5.92 Å². The van der Waals surface area contributed by atoms with Gasteiger partial charge in [0.05, 0.1) is 0 Å². The summed E-state index contributed by atoms with van der Waals surface area (Å²) in [7, 11) is 0. The summed E-state index contributed by atoms with van der Waals surface area (Å²) in [5.74, 6) is 0.905. The van der Waals surface area contributed by atoms with Gasteiger partial charge in [0.2, 0.25) is 5.91 Å². The first kappa shape index (κ1) is 13.4. The predicted octanol–water partition coefficient (Wildman–Crippen LogP) is 1.54. The molecule has 1 fully saturated rings. The van der Waals surface area contributed by atoms with Gasteiger partial charge in [0.15, 0.2) is 0 Å². The smallest absolute Gasteiger partial charge is 0.216 e. The lowest BCUT2D eigenvalue weighted by Gasteiger charge is -2.22. The van der Waals surface area contributed by atoms with E-state index in [1.807, 2.05) is 13.8 Å². The highest BCUT2D eigenvalue weighted by atomic mass is 16.1. The summed E-state index contributed by atoms with van der Waals surface area (Å²) in [4.78, 5) is 10.6. The van der Waals surface area contributed by atoms with Crippen LogP contribution in [0.15, 0.2) is 0 Å². The molecule has 0 unspecified atom stereocenters. The van der Waals surface area contributed by atoms with Crippen LogP contribution < -0.4 is 10.6 Å². The maximum atomic E-state index is 10.6. The highest BCUT2D eigenvalue weighted by Crippen LogP contribution is 2.14. The van der Waals surface area contributed by atoms with Gasteiger partial charge in [-0.1, -0.05) is 13.8 Å². The summed E-state index contributed by atoms with van der Waals surface area (Å²) in [6.45, 7) is 8.71. The SMILES string of the molecule is CC.CC(=O)NCCC1CCNCC1. The standard InChI is InChI=1S/C9H18N2O.C2H6/c1-8(12)11-7-4-9-2-5-10-6-3-9;1-2/h9-10H,2-7H2,1H3,(H,11,12);1-2H3. The molecule has 1 aliphatic heterocycles. The second-order valence-electron chi connectivity index (χ2n) is 3.47. The number of nitrogens with one attached hydrogen (secondary N) is 2. The summed E-state index contributed by atoms with van der Waals surface area (Å²) in [6, 6.07) is 0. The van der Waals surface area contributed by atoms with Gasteiger partial charge < -0.3 is 10.6 Å². The highest BCUT2D eigenvalue weighted by Gasteiger charge is 2.11. The topological polar surface area (TPSA) is 41.1 Å². The lowest BCUT2D eigenvalue weighted by Crippen LogP contribution is -2.30. The number of carbonyl (C=O) groups is 1. The molecule has 0 radical (unpaired) electrons. The summed E-state index contributed by atoms with van der Waals surface area (Å²) in [5, 5.41) is 6.16. The van der Waals surface area contributed by atoms with E-state index in [9.17, 15) is 4.79 Å². The number of rotatable bonds is 3. The lowest BCUT2D eigenvalue weighted by molar-refractivity contribution is -0.119. The van der Waals surface area contributed by atoms with Gasteiger partial charge in [-0.15, -0.1) is 0 Å².